The molecule has 0 aliphatic heterocycles. The molecule has 0 rings (SSSR count). The zero-order chi connectivity index (χ0) is 6.08. The average molecular weight is 154 g/mol. The minimum absolute atomic E-state index is 0.868. The topological polar surface area (TPSA) is 3.24 Å². The summed E-state index contributed by atoms with van der Waals surface area (Å²) < 4.78 is 31.7. The lowest BCUT2D eigenvalue weighted by Crippen LogP contribution is -2.19. The molecular formula is CCl2F3N. The fraction of sp³-hybridized carbons (Fsp3) is 1.00. The highest BCUT2D eigenvalue weighted by molar-refractivity contribution is 6.33. The molecule has 0 aliphatic carbocycles. The van der Waals surface area contributed by atoms with Crippen molar-refractivity contribution < 1.29 is 13.2 Å². The van der Waals surface area contributed by atoms with Crippen LogP contribution in [0.25, 0.3) is 0 Å². The number of alkyl halides is 3. The van der Waals surface area contributed by atoms with Crippen molar-refractivity contribution in [1.29, 1.82) is 0 Å². The molecule has 0 saturated carbocycles. The zero-order valence-corrected chi connectivity index (χ0v) is 4.35. The van der Waals surface area contributed by atoms with Crippen molar-refractivity contribution >= 4 is 23.6 Å². The Kier molecular flexibility index (Phi) is 2.16. The number of nitrogens with zero attached hydrogens (tertiary/aromatic N) is 1. The molecule has 0 aliphatic rings. The lowest BCUT2D eigenvalue weighted by atomic mass is 11.3. The SMILES string of the molecule is FC(F)(F)N(Cl)Cl. The summed E-state index contributed by atoms with van der Waals surface area (Å²) in [7, 11) is 0. The first kappa shape index (κ1) is 7.33. The monoisotopic (exact) mass is 153 g/mol. The van der Waals surface area contributed by atoms with Gasteiger partial charge in [-0.15, -0.1) is 0 Å². The van der Waals surface area contributed by atoms with E-state index in [0.717, 1.165) is 0 Å². The standard InChI is InChI=1S/CCl2F3N/c2-7(3)1(4,5)6. The van der Waals surface area contributed by atoms with E-state index >= 15 is 0 Å². The van der Waals surface area contributed by atoms with Crippen molar-refractivity contribution in [2.24, 2.45) is 0 Å². The number of halogens is 5. The smallest absolute Gasteiger partial charge is 0.153 e. The minimum Gasteiger partial charge on any atom is -0.153 e. The molecule has 1 nitrogen and oxygen atoms in total. The maximum atomic E-state index is 10.8. The van der Waals surface area contributed by atoms with Crippen LogP contribution in [0.15, 0.2) is 0 Å². The summed E-state index contributed by atoms with van der Waals surface area (Å²) in [5.41, 5.74) is 0. The fourth-order valence-corrected chi connectivity index (χ4v) is 0. The van der Waals surface area contributed by atoms with E-state index in [-0.39, 0.29) is 0 Å². The molecular weight excluding hydrogens is 154 g/mol. The molecule has 0 saturated heterocycles. The third-order valence-corrected chi connectivity index (χ3v) is 0.575. The van der Waals surface area contributed by atoms with E-state index in [0.29, 0.717) is 0 Å². The van der Waals surface area contributed by atoms with Crippen LogP contribution < -0.4 is 0 Å². The highest BCUT2D eigenvalue weighted by Crippen LogP contribution is 2.24. The summed E-state index contributed by atoms with van der Waals surface area (Å²) in [5, 5.41) is 0. The van der Waals surface area contributed by atoms with Crippen LogP contribution >= 0.6 is 23.6 Å². The second-order valence-corrected chi connectivity index (χ2v) is 1.55. The molecule has 0 heterocycles. The maximum Gasteiger partial charge on any atom is 0.488 e. The van der Waals surface area contributed by atoms with Gasteiger partial charge in [-0.3, -0.25) is 0 Å². The minimum atomic E-state index is -4.64. The third kappa shape index (κ3) is 2.96. The highest BCUT2D eigenvalue weighted by Gasteiger charge is 2.35. The van der Waals surface area contributed by atoms with Crippen LogP contribution in [0.1, 0.15) is 0 Å². The zero-order valence-electron chi connectivity index (χ0n) is 2.84. The number of hydrogen-bond donors (Lipinski definition) is 0. The Bertz CT molecular complexity index is 58.4. The molecule has 0 atom stereocenters. The van der Waals surface area contributed by atoms with Gasteiger partial charge in [0.15, 0.2) is 0 Å². The molecule has 0 aromatic rings. The van der Waals surface area contributed by atoms with Gasteiger partial charge in [-0.25, -0.2) is 0 Å². The van der Waals surface area contributed by atoms with Crippen LogP contribution in [0, 0.1) is 0 Å². The Labute approximate surface area is 47.8 Å². The molecule has 0 N–H and O–H groups in total. The molecule has 7 heavy (non-hydrogen) atoms. The summed E-state index contributed by atoms with van der Waals surface area (Å²) in [5.74, 6) is 0. The summed E-state index contributed by atoms with van der Waals surface area (Å²) in [4.78, 5) is 0. The summed E-state index contributed by atoms with van der Waals surface area (Å²) in [6.45, 7) is 0. The molecule has 0 aromatic carbocycles. The van der Waals surface area contributed by atoms with Gasteiger partial charge in [-0.05, 0) is 3.94 Å². The summed E-state index contributed by atoms with van der Waals surface area (Å²) >= 11 is 8.46. The predicted octanol–water partition coefficient (Wildman–Crippen LogP) is 2.12. The Morgan fingerprint density at radius 2 is 1.29 bits per heavy atom. The van der Waals surface area contributed by atoms with Crippen molar-refractivity contribution in [2.45, 2.75) is 6.30 Å². The Morgan fingerprint density at radius 3 is 1.29 bits per heavy atom. The second-order valence-electron chi connectivity index (χ2n) is 0.701. The molecule has 6 heteroatoms. The lowest BCUT2D eigenvalue weighted by Gasteiger charge is -2.05. The molecule has 0 radical (unpaired) electrons. The normalized spacial score (nSPS) is 12.9. The summed E-state index contributed by atoms with van der Waals surface area (Å²) in [6.07, 6.45) is -4.64. The Balaban J connectivity index is 3.54. The van der Waals surface area contributed by atoms with E-state index in [2.05, 4.69) is 23.6 Å². The van der Waals surface area contributed by atoms with Crippen LogP contribution in [0.3, 0.4) is 0 Å². The van der Waals surface area contributed by atoms with Gasteiger partial charge in [-0.2, -0.15) is 13.2 Å². The van der Waals surface area contributed by atoms with E-state index in [1.165, 1.54) is 0 Å². The van der Waals surface area contributed by atoms with Crippen molar-refractivity contribution in [1.82, 2.24) is 3.94 Å². The molecule has 0 fully saturated rings. The van der Waals surface area contributed by atoms with E-state index in [1.54, 1.807) is 0 Å². The van der Waals surface area contributed by atoms with Crippen LogP contribution in [-0.2, 0) is 0 Å². The van der Waals surface area contributed by atoms with Gasteiger partial charge < -0.3 is 0 Å². The van der Waals surface area contributed by atoms with Gasteiger partial charge in [0.2, 0.25) is 0 Å². The molecule has 0 spiro atoms. The molecule has 44 valence electrons. The van der Waals surface area contributed by atoms with E-state index in [1.807, 2.05) is 0 Å². The number of rotatable bonds is 0. The van der Waals surface area contributed by atoms with Crippen molar-refractivity contribution in [3.8, 4) is 0 Å². The average Bonchev–Trinajstić information content (AvgIpc) is 1.31. The van der Waals surface area contributed by atoms with Crippen LogP contribution in [0.4, 0.5) is 13.2 Å². The Morgan fingerprint density at radius 1 is 1.14 bits per heavy atom. The van der Waals surface area contributed by atoms with E-state index in [9.17, 15) is 13.2 Å². The predicted molar refractivity (Wildman–Crippen MR) is 19.6 cm³/mol. The van der Waals surface area contributed by atoms with Crippen molar-refractivity contribution in [3.63, 3.8) is 0 Å². The highest BCUT2D eigenvalue weighted by atomic mass is 35.5. The second kappa shape index (κ2) is 2.07. The van der Waals surface area contributed by atoms with Crippen LogP contribution in [0.5, 0.6) is 0 Å². The van der Waals surface area contributed by atoms with Crippen LogP contribution in [0.2, 0.25) is 0 Å². The van der Waals surface area contributed by atoms with Gasteiger partial charge in [-0.1, -0.05) is 0 Å². The quantitative estimate of drug-likeness (QED) is 0.381. The Hall–Kier alpha value is 0.330. The van der Waals surface area contributed by atoms with Gasteiger partial charge in [0.25, 0.3) is 0 Å². The van der Waals surface area contributed by atoms with Gasteiger partial charge in [0, 0.05) is 23.6 Å². The largest absolute Gasteiger partial charge is 0.488 e. The van der Waals surface area contributed by atoms with Gasteiger partial charge in [0.1, 0.15) is 0 Å². The van der Waals surface area contributed by atoms with E-state index in [4.69, 9.17) is 0 Å². The van der Waals surface area contributed by atoms with Crippen LogP contribution in [-0.4, -0.2) is 10.2 Å². The summed E-state index contributed by atoms with van der Waals surface area (Å²) in [6, 6.07) is 0. The first-order valence-corrected chi connectivity index (χ1v) is 1.80. The molecule has 0 bridgehead atoms. The lowest BCUT2D eigenvalue weighted by molar-refractivity contribution is -0.182. The maximum absolute atomic E-state index is 10.8. The number of hydrogen-bond acceptors (Lipinski definition) is 1. The van der Waals surface area contributed by atoms with Gasteiger partial charge in [0.05, 0.1) is 0 Å². The third-order valence-electron chi connectivity index (χ3n) is 0.192. The first-order valence-electron chi connectivity index (χ1n) is 1.13. The van der Waals surface area contributed by atoms with Crippen molar-refractivity contribution in [2.75, 3.05) is 0 Å². The van der Waals surface area contributed by atoms with E-state index < -0.39 is 10.2 Å². The fourth-order valence-electron chi connectivity index (χ4n) is 0. The molecule has 0 amide bonds. The first-order chi connectivity index (χ1) is 2.94. The molecule has 0 unspecified atom stereocenters. The molecule has 0 aromatic heterocycles. The van der Waals surface area contributed by atoms with Gasteiger partial charge >= 0.3 is 6.30 Å². The van der Waals surface area contributed by atoms with Crippen molar-refractivity contribution in [3.05, 3.63) is 0 Å².